The van der Waals surface area contributed by atoms with Crippen molar-refractivity contribution >= 4 is 10.9 Å². The molecule has 0 saturated heterocycles. The Morgan fingerprint density at radius 2 is 1.72 bits per heavy atom. The molecule has 1 aliphatic carbocycles. The summed E-state index contributed by atoms with van der Waals surface area (Å²) in [7, 11) is 5.02. The number of aromatic nitrogens is 1. The highest BCUT2D eigenvalue weighted by Gasteiger charge is 2.30. The van der Waals surface area contributed by atoms with Crippen LogP contribution in [0.15, 0.2) is 36.5 Å². The van der Waals surface area contributed by atoms with Crippen LogP contribution < -0.4 is 19.5 Å². The molecule has 0 unspecified atom stereocenters. The van der Waals surface area contributed by atoms with Gasteiger partial charge in [-0.25, -0.2) is 0 Å². The Morgan fingerprint density at radius 3 is 2.41 bits per heavy atom. The molecule has 3 N–H and O–H groups in total. The maximum Gasteiger partial charge on any atom is 0.122 e. The molecule has 154 valence electrons. The zero-order valence-electron chi connectivity index (χ0n) is 17.1. The summed E-state index contributed by atoms with van der Waals surface area (Å²) in [5.74, 6) is 2.51. The molecule has 3 aromatic rings. The second-order valence-corrected chi connectivity index (χ2v) is 7.44. The monoisotopic (exact) mass is 396 g/mol. The van der Waals surface area contributed by atoms with E-state index in [9.17, 15) is 5.11 Å². The summed E-state index contributed by atoms with van der Waals surface area (Å²) in [6, 6.07) is 9.90. The summed E-state index contributed by atoms with van der Waals surface area (Å²) in [4.78, 5) is 3.31. The predicted octanol–water partition coefficient (Wildman–Crippen LogP) is 2.85. The van der Waals surface area contributed by atoms with Crippen molar-refractivity contribution in [2.24, 2.45) is 0 Å². The summed E-state index contributed by atoms with van der Waals surface area (Å²) >= 11 is 0. The van der Waals surface area contributed by atoms with Gasteiger partial charge in [0.15, 0.2) is 0 Å². The van der Waals surface area contributed by atoms with Crippen LogP contribution in [-0.2, 0) is 19.3 Å². The van der Waals surface area contributed by atoms with E-state index in [-0.39, 0.29) is 6.04 Å². The fourth-order valence-corrected chi connectivity index (χ4v) is 4.29. The molecule has 1 aromatic heterocycles. The quantitative estimate of drug-likeness (QED) is 0.573. The van der Waals surface area contributed by atoms with E-state index in [4.69, 9.17) is 14.2 Å². The van der Waals surface area contributed by atoms with Crippen molar-refractivity contribution in [1.29, 1.82) is 0 Å². The second-order valence-electron chi connectivity index (χ2n) is 7.44. The van der Waals surface area contributed by atoms with Gasteiger partial charge in [0, 0.05) is 46.8 Å². The van der Waals surface area contributed by atoms with Crippen LogP contribution in [0.4, 0.5) is 0 Å². The van der Waals surface area contributed by atoms with Gasteiger partial charge < -0.3 is 29.6 Å². The van der Waals surface area contributed by atoms with Crippen LogP contribution in [0.5, 0.6) is 17.2 Å². The van der Waals surface area contributed by atoms with E-state index in [0.717, 1.165) is 46.9 Å². The summed E-state index contributed by atoms with van der Waals surface area (Å²) in [6.45, 7) is 0.780. The fraction of sp³-hybridized carbons (Fsp3) is 0.391. The van der Waals surface area contributed by atoms with Gasteiger partial charge in [-0.1, -0.05) is 0 Å². The number of fused-ring (bicyclic) bond motifs is 2. The van der Waals surface area contributed by atoms with Crippen LogP contribution >= 0.6 is 0 Å². The molecule has 0 aliphatic heterocycles. The Morgan fingerprint density at radius 1 is 1.00 bits per heavy atom. The minimum atomic E-state index is -0.462. The molecule has 0 spiro atoms. The van der Waals surface area contributed by atoms with Gasteiger partial charge in [0.05, 0.1) is 27.4 Å². The minimum absolute atomic E-state index is 0.0196. The smallest absolute Gasteiger partial charge is 0.122 e. The molecule has 6 heteroatoms. The molecule has 6 nitrogen and oxygen atoms in total. The third-order valence-electron chi connectivity index (χ3n) is 5.86. The molecule has 1 aliphatic rings. The molecule has 0 radical (unpaired) electrons. The van der Waals surface area contributed by atoms with Crippen molar-refractivity contribution in [1.82, 2.24) is 10.3 Å². The van der Waals surface area contributed by atoms with Crippen molar-refractivity contribution in [2.75, 3.05) is 27.9 Å². The Hall–Kier alpha value is -2.70. The Balaban J connectivity index is 1.45. The molecule has 2 atom stereocenters. The maximum atomic E-state index is 10.7. The van der Waals surface area contributed by atoms with Gasteiger partial charge in [0.25, 0.3) is 0 Å². The SMILES string of the molecule is COc1ccc2c(CCN[C@H]3Cc4c(OC)ccc(OC)c4C[C@@H]3O)c[nH]c2c1. The molecule has 2 aromatic carbocycles. The summed E-state index contributed by atoms with van der Waals surface area (Å²) in [5, 5.41) is 15.5. The Kier molecular flexibility index (Phi) is 5.65. The van der Waals surface area contributed by atoms with Crippen LogP contribution in [0.1, 0.15) is 16.7 Å². The van der Waals surface area contributed by atoms with Gasteiger partial charge >= 0.3 is 0 Å². The maximum absolute atomic E-state index is 10.7. The normalized spacial score (nSPS) is 18.5. The summed E-state index contributed by atoms with van der Waals surface area (Å²) in [6.07, 6.45) is 3.72. The zero-order valence-corrected chi connectivity index (χ0v) is 17.1. The summed E-state index contributed by atoms with van der Waals surface area (Å²) < 4.78 is 16.3. The molecule has 0 bridgehead atoms. The lowest BCUT2D eigenvalue weighted by Gasteiger charge is -2.32. The van der Waals surface area contributed by atoms with Gasteiger partial charge in [-0.15, -0.1) is 0 Å². The van der Waals surface area contributed by atoms with E-state index in [2.05, 4.69) is 16.4 Å². The first-order valence-corrected chi connectivity index (χ1v) is 9.92. The van der Waals surface area contributed by atoms with Crippen molar-refractivity contribution < 1.29 is 19.3 Å². The first kappa shape index (κ1) is 19.6. The Bertz CT molecular complexity index is 998. The van der Waals surface area contributed by atoms with Crippen molar-refractivity contribution in [3.05, 3.63) is 53.2 Å². The first-order valence-electron chi connectivity index (χ1n) is 9.92. The number of hydrogen-bond donors (Lipinski definition) is 3. The third kappa shape index (κ3) is 3.78. The number of aliphatic hydroxyl groups is 1. The lowest BCUT2D eigenvalue weighted by atomic mass is 9.85. The number of nitrogens with one attached hydrogen (secondary N) is 2. The van der Waals surface area contributed by atoms with Gasteiger partial charge in [0.1, 0.15) is 17.2 Å². The summed E-state index contributed by atoms with van der Waals surface area (Å²) in [5.41, 5.74) is 4.49. The van der Waals surface area contributed by atoms with Crippen LogP contribution in [0.2, 0.25) is 0 Å². The number of benzene rings is 2. The number of H-pyrrole nitrogens is 1. The number of ether oxygens (including phenoxy) is 3. The lowest BCUT2D eigenvalue weighted by molar-refractivity contribution is 0.118. The van der Waals surface area contributed by atoms with E-state index >= 15 is 0 Å². The van der Waals surface area contributed by atoms with Crippen LogP contribution in [-0.4, -0.2) is 50.1 Å². The van der Waals surface area contributed by atoms with Crippen LogP contribution in [0, 0.1) is 0 Å². The van der Waals surface area contributed by atoms with Crippen LogP contribution in [0.25, 0.3) is 10.9 Å². The zero-order chi connectivity index (χ0) is 20.4. The van der Waals surface area contributed by atoms with Gasteiger partial charge in [-0.05, 0) is 49.2 Å². The number of hydrogen-bond acceptors (Lipinski definition) is 5. The number of rotatable bonds is 7. The van der Waals surface area contributed by atoms with E-state index in [0.29, 0.717) is 12.8 Å². The first-order chi connectivity index (χ1) is 14.1. The van der Waals surface area contributed by atoms with E-state index in [1.165, 1.54) is 10.9 Å². The highest BCUT2D eigenvalue weighted by molar-refractivity contribution is 5.84. The van der Waals surface area contributed by atoms with E-state index in [1.54, 1.807) is 21.3 Å². The fourth-order valence-electron chi connectivity index (χ4n) is 4.29. The van der Waals surface area contributed by atoms with E-state index in [1.807, 2.05) is 30.5 Å². The van der Waals surface area contributed by atoms with Crippen molar-refractivity contribution in [2.45, 2.75) is 31.4 Å². The average molecular weight is 396 g/mol. The number of aliphatic hydroxyl groups excluding tert-OH is 1. The van der Waals surface area contributed by atoms with Crippen molar-refractivity contribution in [3.8, 4) is 17.2 Å². The Labute approximate surface area is 170 Å². The molecular formula is C23H28N2O4. The standard InChI is InChI=1S/C23H28N2O4/c1-27-15-4-5-16-14(13-25-19(16)10-15)8-9-24-20-11-17-18(12-21(20)26)23(29-3)7-6-22(17)28-2/h4-7,10,13,20-21,24-26H,8-9,11-12H2,1-3H3/t20-,21-/m0/s1. The average Bonchev–Trinajstić information content (AvgIpc) is 3.15. The molecular weight excluding hydrogens is 368 g/mol. The highest BCUT2D eigenvalue weighted by atomic mass is 16.5. The predicted molar refractivity (Wildman–Crippen MR) is 113 cm³/mol. The third-order valence-corrected chi connectivity index (χ3v) is 5.86. The highest BCUT2D eigenvalue weighted by Crippen LogP contribution is 2.36. The van der Waals surface area contributed by atoms with Gasteiger partial charge in [-0.3, -0.25) is 0 Å². The molecule has 1 heterocycles. The topological polar surface area (TPSA) is 75.7 Å². The molecule has 29 heavy (non-hydrogen) atoms. The largest absolute Gasteiger partial charge is 0.497 e. The van der Waals surface area contributed by atoms with Gasteiger partial charge in [-0.2, -0.15) is 0 Å². The van der Waals surface area contributed by atoms with Crippen molar-refractivity contribution in [3.63, 3.8) is 0 Å². The molecule has 4 rings (SSSR count). The molecule has 0 amide bonds. The molecule has 0 fully saturated rings. The van der Waals surface area contributed by atoms with Crippen LogP contribution in [0.3, 0.4) is 0 Å². The number of methoxy groups -OCH3 is 3. The minimum Gasteiger partial charge on any atom is -0.497 e. The number of aromatic amines is 1. The van der Waals surface area contributed by atoms with E-state index < -0.39 is 6.10 Å². The second kappa shape index (κ2) is 8.35. The van der Waals surface area contributed by atoms with Gasteiger partial charge in [0.2, 0.25) is 0 Å². The molecule has 0 saturated carbocycles. The lowest BCUT2D eigenvalue weighted by Crippen LogP contribution is -2.46.